The van der Waals surface area contributed by atoms with E-state index in [-0.39, 0.29) is 18.2 Å². The molecule has 4 N–H and O–H groups in total. The highest BCUT2D eigenvalue weighted by atomic mass is 32.2. The van der Waals surface area contributed by atoms with Crippen LogP contribution < -0.4 is 16.2 Å². The first-order valence-corrected chi connectivity index (χ1v) is 9.92. The summed E-state index contributed by atoms with van der Waals surface area (Å²) in [6.07, 6.45) is -0.197. The monoisotopic (exact) mass is 366 g/mol. The predicted octanol–water partition coefficient (Wildman–Crippen LogP) is 2.76. The maximum Gasteiger partial charge on any atom is 0.180 e. The second-order valence-electron chi connectivity index (χ2n) is 8.19. The van der Waals surface area contributed by atoms with Crippen LogP contribution in [0.5, 0.6) is 5.75 Å². The van der Waals surface area contributed by atoms with E-state index in [0.717, 1.165) is 11.1 Å². The molecule has 25 heavy (non-hydrogen) atoms. The number of benzene rings is 1. The Morgan fingerprint density at radius 1 is 1.36 bits per heavy atom. The lowest BCUT2D eigenvalue weighted by molar-refractivity contribution is 0.191. The first kappa shape index (κ1) is 19.8. The van der Waals surface area contributed by atoms with Crippen LogP contribution in [0.2, 0.25) is 0 Å². The largest absolute Gasteiger partial charge is 0.490 e. The van der Waals surface area contributed by atoms with E-state index in [2.05, 4.69) is 6.58 Å². The average Bonchev–Trinajstić information content (AvgIpc) is 2.54. The number of sulfone groups is 1. The molecule has 0 aromatic heterocycles. The molecule has 1 unspecified atom stereocenters. The number of ether oxygens (including phenoxy) is 1. The zero-order valence-electron chi connectivity index (χ0n) is 16.0. The lowest BCUT2D eigenvalue weighted by Crippen LogP contribution is -2.66. The fourth-order valence-corrected chi connectivity index (χ4v) is 5.97. The van der Waals surface area contributed by atoms with Crippen molar-refractivity contribution in [3.8, 4) is 5.75 Å². The third-order valence-corrected chi connectivity index (χ3v) is 8.95. The van der Waals surface area contributed by atoms with Crippen molar-refractivity contribution in [2.75, 3.05) is 0 Å². The van der Waals surface area contributed by atoms with Crippen molar-refractivity contribution < 1.29 is 13.2 Å². The predicted molar refractivity (Wildman–Crippen MR) is 102 cm³/mol. The third-order valence-electron chi connectivity index (χ3n) is 5.71. The molecule has 1 aliphatic heterocycles. The van der Waals surface area contributed by atoms with Gasteiger partial charge in [-0.05, 0) is 33.8 Å². The van der Waals surface area contributed by atoms with Crippen LogP contribution in [0.15, 0.2) is 30.5 Å². The summed E-state index contributed by atoms with van der Waals surface area (Å²) in [6, 6.07) is 5.79. The summed E-state index contributed by atoms with van der Waals surface area (Å²) in [5.74, 6) is 0.676. The molecule has 5 nitrogen and oxygen atoms in total. The summed E-state index contributed by atoms with van der Waals surface area (Å²) in [7, 11) is -3.91. The van der Waals surface area contributed by atoms with Crippen molar-refractivity contribution in [3.05, 3.63) is 41.6 Å². The van der Waals surface area contributed by atoms with Gasteiger partial charge in [0.15, 0.2) is 9.84 Å². The molecule has 2 rings (SSSR count). The van der Waals surface area contributed by atoms with Crippen LogP contribution in [0.3, 0.4) is 0 Å². The van der Waals surface area contributed by atoms with E-state index in [4.69, 9.17) is 16.2 Å². The van der Waals surface area contributed by atoms with Crippen molar-refractivity contribution in [2.45, 2.75) is 69.1 Å². The molecule has 1 aromatic carbocycles. The molecular formula is C19H30N2O3S. The molecule has 0 spiro atoms. The summed E-state index contributed by atoms with van der Waals surface area (Å²) < 4.78 is 32.0. The molecule has 0 saturated heterocycles. The number of hydrogen-bond acceptors (Lipinski definition) is 5. The van der Waals surface area contributed by atoms with E-state index in [9.17, 15) is 8.42 Å². The average molecular weight is 367 g/mol. The lowest BCUT2D eigenvalue weighted by Gasteiger charge is -2.46. The Labute approximate surface area is 151 Å². The van der Waals surface area contributed by atoms with Gasteiger partial charge >= 0.3 is 0 Å². The van der Waals surface area contributed by atoms with Crippen LogP contribution in [0.1, 0.15) is 52.2 Å². The fourth-order valence-electron chi connectivity index (χ4n) is 3.48. The van der Waals surface area contributed by atoms with E-state index in [1.165, 1.54) is 0 Å². The van der Waals surface area contributed by atoms with Crippen LogP contribution in [0, 0.1) is 6.92 Å². The molecule has 0 aliphatic carbocycles. The molecular weight excluding hydrogens is 336 g/mol. The highest BCUT2D eigenvalue weighted by Gasteiger charge is 2.60. The number of hydrogen-bond donors (Lipinski definition) is 2. The van der Waals surface area contributed by atoms with Crippen molar-refractivity contribution >= 4 is 9.84 Å². The topological polar surface area (TPSA) is 95.4 Å². The van der Waals surface area contributed by atoms with Gasteiger partial charge in [-0.15, -0.1) is 0 Å². The van der Waals surface area contributed by atoms with Gasteiger partial charge in [-0.3, -0.25) is 0 Å². The molecule has 0 bridgehead atoms. The smallest absolute Gasteiger partial charge is 0.180 e. The minimum Gasteiger partial charge on any atom is -0.490 e. The Balaban J connectivity index is 2.82. The Bertz CT molecular complexity index is 812. The molecule has 6 heteroatoms. The van der Waals surface area contributed by atoms with Gasteiger partial charge in [0.1, 0.15) is 15.4 Å². The first-order chi connectivity index (χ1) is 11.2. The zero-order chi connectivity index (χ0) is 19.4. The zero-order valence-corrected chi connectivity index (χ0v) is 16.8. The Morgan fingerprint density at radius 2 is 1.92 bits per heavy atom. The first-order valence-electron chi connectivity index (χ1n) is 8.44. The fraction of sp³-hybridized carbons (Fsp3) is 0.579. The van der Waals surface area contributed by atoms with Crippen LogP contribution in [-0.4, -0.2) is 24.1 Å². The van der Waals surface area contributed by atoms with E-state index < -0.39 is 24.9 Å². The van der Waals surface area contributed by atoms with Crippen LogP contribution in [-0.2, 0) is 15.3 Å². The van der Waals surface area contributed by atoms with Crippen LogP contribution in [0.4, 0.5) is 0 Å². The van der Waals surface area contributed by atoms with Crippen molar-refractivity contribution in [1.82, 2.24) is 0 Å². The number of aryl methyl sites for hydroxylation is 1. The second kappa shape index (κ2) is 5.74. The Kier molecular flexibility index (Phi) is 4.55. The number of nitrogens with two attached hydrogens (primary N) is 2. The molecule has 1 aromatic rings. The Hall–Kier alpha value is -1.53. The molecule has 1 heterocycles. The molecule has 140 valence electrons. The van der Waals surface area contributed by atoms with Crippen molar-refractivity contribution in [2.24, 2.45) is 11.5 Å². The van der Waals surface area contributed by atoms with Gasteiger partial charge in [0, 0.05) is 23.1 Å². The molecule has 1 aliphatic rings. The highest BCUT2D eigenvalue weighted by molar-refractivity contribution is 7.94. The SMILES string of the molecule is C=C(N)C(C)(C)S(=O)(=O)C1(N)C[C@H](C)Oc2ccc(C)cc2C1(C)C. The minimum atomic E-state index is -3.91. The van der Waals surface area contributed by atoms with Gasteiger partial charge in [-0.2, -0.15) is 0 Å². The summed E-state index contributed by atoms with van der Waals surface area (Å²) in [5.41, 5.74) is 13.6. The summed E-state index contributed by atoms with van der Waals surface area (Å²) in [6.45, 7) is 14.3. The number of fused-ring (bicyclic) bond motifs is 1. The van der Waals surface area contributed by atoms with E-state index in [1.54, 1.807) is 13.8 Å². The standard InChI is InChI=1S/C19H30N2O3S/c1-12-8-9-16-15(10-12)17(4,5)19(21,11-13(2)24-16)25(22,23)18(6,7)14(3)20/h8-10,13H,3,11,20-21H2,1-2,4-7H3/t13-,19?/m0/s1. The van der Waals surface area contributed by atoms with Crippen LogP contribution in [0.25, 0.3) is 0 Å². The quantitative estimate of drug-likeness (QED) is 0.857. The van der Waals surface area contributed by atoms with E-state index in [1.807, 2.05) is 45.9 Å². The van der Waals surface area contributed by atoms with E-state index in [0.29, 0.717) is 5.75 Å². The molecule has 0 amide bonds. The van der Waals surface area contributed by atoms with Gasteiger partial charge in [-0.25, -0.2) is 8.42 Å². The maximum absolute atomic E-state index is 13.7. The van der Waals surface area contributed by atoms with Gasteiger partial charge in [0.2, 0.25) is 0 Å². The summed E-state index contributed by atoms with van der Waals surface area (Å²) in [4.78, 5) is -1.57. The van der Waals surface area contributed by atoms with Gasteiger partial charge in [0.05, 0.1) is 6.10 Å². The second-order valence-corrected chi connectivity index (χ2v) is 10.9. The minimum absolute atomic E-state index is 0.0791. The molecule has 0 fully saturated rings. The molecule has 0 radical (unpaired) electrons. The van der Waals surface area contributed by atoms with Gasteiger partial charge < -0.3 is 16.2 Å². The van der Waals surface area contributed by atoms with Gasteiger partial charge in [-0.1, -0.05) is 38.1 Å². The maximum atomic E-state index is 13.7. The Morgan fingerprint density at radius 3 is 2.44 bits per heavy atom. The third kappa shape index (κ3) is 2.66. The normalized spacial score (nSPS) is 26.3. The van der Waals surface area contributed by atoms with Crippen molar-refractivity contribution in [3.63, 3.8) is 0 Å². The van der Waals surface area contributed by atoms with Gasteiger partial charge in [0.25, 0.3) is 0 Å². The van der Waals surface area contributed by atoms with Crippen LogP contribution >= 0.6 is 0 Å². The number of rotatable bonds is 3. The summed E-state index contributed by atoms with van der Waals surface area (Å²) >= 11 is 0. The van der Waals surface area contributed by atoms with Crippen molar-refractivity contribution in [1.29, 1.82) is 0 Å². The molecule has 2 atom stereocenters. The van der Waals surface area contributed by atoms with E-state index >= 15 is 0 Å². The molecule has 0 saturated carbocycles. The summed E-state index contributed by atoms with van der Waals surface area (Å²) in [5, 5.41) is 0. The lowest BCUT2D eigenvalue weighted by atomic mass is 9.75. The highest BCUT2D eigenvalue weighted by Crippen LogP contribution is 2.50.